The molecule has 43 heavy (non-hydrogen) atoms. The summed E-state index contributed by atoms with van der Waals surface area (Å²) in [4.78, 5) is 42.5. The average Bonchev–Trinajstić information content (AvgIpc) is 3.81. The molecule has 1 saturated heterocycles. The number of piperazine rings is 1. The highest BCUT2D eigenvalue weighted by atomic mass is 35.5. The molecule has 3 aliphatic rings. The third-order valence-electron chi connectivity index (χ3n) is 8.73. The molecular weight excluding hydrogens is 589 g/mol. The molecule has 4 aromatic rings. The van der Waals surface area contributed by atoms with Crippen molar-refractivity contribution in [1.82, 2.24) is 24.3 Å². The van der Waals surface area contributed by atoms with Crippen molar-refractivity contribution in [2.75, 3.05) is 42.9 Å². The van der Waals surface area contributed by atoms with Gasteiger partial charge in [-0.1, -0.05) is 24.6 Å². The van der Waals surface area contributed by atoms with Crippen LogP contribution in [0.5, 0.6) is 0 Å². The van der Waals surface area contributed by atoms with Crippen LogP contribution >= 0.6 is 22.9 Å². The number of likely N-dealkylation sites (N-methyl/N-ethyl adjacent to an activating group) is 1. The number of benzene rings is 2. The Labute approximate surface area is 257 Å². The van der Waals surface area contributed by atoms with Gasteiger partial charge in [0.05, 0.1) is 29.3 Å². The van der Waals surface area contributed by atoms with Gasteiger partial charge in [-0.25, -0.2) is 14.4 Å². The standard InChI is InChI=1S/C31H31ClFN7O2S/c1-2-37-9-11-38(12-10-37)25-6-5-19(15-23(25)32)20-14-21-22(24(33)16-20)17-40(30(21)42)28(29(41)36-31-34-7-13-43-31)27-26-4-3-8-39(26)18-35-27/h5-7,13-16,18,28H,2-4,8-12,17H2,1H3,(H,34,36,41). The number of anilines is 2. The number of carbonyl (C=O) groups excluding carboxylic acids is 2. The Hall–Kier alpha value is -3.80. The number of thiazole rings is 1. The van der Waals surface area contributed by atoms with Gasteiger partial charge >= 0.3 is 0 Å². The van der Waals surface area contributed by atoms with Gasteiger partial charge in [0.2, 0.25) is 0 Å². The zero-order valence-electron chi connectivity index (χ0n) is 23.7. The lowest BCUT2D eigenvalue weighted by molar-refractivity contribution is -0.121. The van der Waals surface area contributed by atoms with Crippen molar-refractivity contribution >= 4 is 45.6 Å². The molecule has 0 radical (unpaired) electrons. The van der Waals surface area contributed by atoms with Crippen LogP contribution in [0.25, 0.3) is 11.1 Å². The number of fused-ring (bicyclic) bond motifs is 2. The van der Waals surface area contributed by atoms with Crippen molar-refractivity contribution in [2.24, 2.45) is 0 Å². The Morgan fingerprint density at radius 3 is 2.70 bits per heavy atom. The molecule has 0 spiro atoms. The van der Waals surface area contributed by atoms with Gasteiger partial charge in [-0.3, -0.25) is 14.9 Å². The van der Waals surface area contributed by atoms with E-state index in [4.69, 9.17) is 11.6 Å². The molecule has 1 N–H and O–H groups in total. The van der Waals surface area contributed by atoms with Crippen molar-refractivity contribution in [3.05, 3.63) is 81.6 Å². The summed E-state index contributed by atoms with van der Waals surface area (Å²) >= 11 is 8.04. The maximum Gasteiger partial charge on any atom is 0.255 e. The Morgan fingerprint density at radius 1 is 1.12 bits per heavy atom. The molecule has 0 aliphatic carbocycles. The van der Waals surface area contributed by atoms with Crippen LogP contribution < -0.4 is 10.2 Å². The number of nitrogens with zero attached hydrogens (tertiary/aromatic N) is 6. The number of aromatic nitrogens is 3. The van der Waals surface area contributed by atoms with Crippen molar-refractivity contribution < 1.29 is 14.0 Å². The summed E-state index contributed by atoms with van der Waals surface area (Å²) in [7, 11) is 0. The second-order valence-corrected chi connectivity index (χ2v) is 12.4. The van der Waals surface area contributed by atoms with Gasteiger partial charge in [-0.15, -0.1) is 11.3 Å². The Balaban J connectivity index is 1.19. The number of amides is 2. The monoisotopic (exact) mass is 619 g/mol. The number of aryl methyl sites for hydroxylation is 1. The number of rotatable bonds is 7. The fraction of sp³-hybridized carbons (Fsp3) is 0.355. The molecule has 2 aromatic heterocycles. The van der Waals surface area contributed by atoms with E-state index in [9.17, 15) is 9.59 Å². The zero-order valence-corrected chi connectivity index (χ0v) is 25.3. The van der Waals surface area contributed by atoms with Crippen molar-refractivity contribution in [1.29, 1.82) is 0 Å². The second-order valence-electron chi connectivity index (χ2n) is 11.1. The Bertz CT molecular complexity index is 1700. The van der Waals surface area contributed by atoms with Crippen LogP contribution in [0.4, 0.5) is 15.2 Å². The quantitative estimate of drug-likeness (QED) is 0.305. The van der Waals surface area contributed by atoms with Crippen LogP contribution in [0, 0.1) is 5.82 Å². The summed E-state index contributed by atoms with van der Waals surface area (Å²) in [5.74, 6) is -1.33. The predicted molar refractivity (Wildman–Crippen MR) is 165 cm³/mol. The SMILES string of the molecule is CCN1CCN(c2ccc(-c3cc(F)c4c(c3)C(=O)N(C(C(=O)Nc3nccs3)c3ncn5c3CCC5)C4)cc2Cl)CC1. The van der Waals surface area contributed by atoms with Crippen LogP contribution in [0.2, 0.25) is 5.02 Å². The number of carbonyl (C=O) groups is 2. The lowest BCUT2D eigenvalue weighted by Gasteiger charge is -2.36. The minimum atomic E-state index is -1.03. The minimum absolute atomic E-state index is 0.0357. The van der Waals surface area contributed by atoms with E-state index in [1.165, 1.54) is 22.3 Å². The molecule has 2 amide bonds. The molecular formula is C31H31ClFN7O2S. The van der Waals surface area contributed by atoms with Crippen LogP contribution in [-0.4, -0.2) is 68.9 Å². The molecule has 2 aromatic carbocycles. The van der Waals surface area contributed by atoms with Crippen LogP contribution in [0.1, 0.15) is 46.7 Å². The van der Waals surface area contributed by atoms with E-state index in [1.807, 2.05) is 22.8 Å². The lowest BCUT2D eigenvalue weighted by atomic mass is 9.99. The number of hydrogen-bond acceptors (Lipinski definition) is 7. The summed E-state index contributed by atoms with van der Waals surface area (Å²) in [6.07, 6.45) is 5.01. The highest BCUT2D eigenvalue weighted by Gasteiger charge is 2.42. The summed E-state index contributed by atoms with van der Waals surface area (Å²) in [6, 6.07) is 7.85. The normalized spacial score (nSPS) is 17.3. The molecule has 7 rings (SSSR count). The third-order valence-corrected chi connectivity index (χ3v) is 9.72. The van der Waals surface area contributed by atoms with Crippen LogP contribution in [0.15, 0.2) is 48.2 Å². The summed E-state index contributed by atoms with van der Waals surface area (Å²) < 4.78 is 17.7. The lowest BCUT2D eigenvalue weighted by Crippen LogP contribution is -2.46. The molecule has 0 bridgehead atoms. The van der Waals surface area contributed by atoms with E-state index < -0.39 is 23.7 Å². The van der Waals surface area contributed by atoms with Crippen LogP contribution in [0.3, 0.4) is 0 Å². The first-order valence-electron chi connectivity index (χ1n) is 14.6. The van der Waals surface area contributed by atoms with E-state index >= 15 is 4.39 Å². The number of imidazole rings is 1. The molecule has 1 unspecified atom stereocenters. The van der Waals surface area contributed by atoms with Crippen molar-refractivity contribution in [3.63, 3.8) is 0 Å². The summed E-state index contributed by atoms with van der Waals surface area (Å²) in [6.45, 7) is 7.71. The first kappa shape index (κ1) is 28.0. The Morgan fingerprint density at radius 2 is 1.95 bits per heavy atom. The van der Waals surface area contributed by atoms with E-state index in [0.29, 0.717) is 21.4 Å². The predicted octanol–water partition coefficient (Wildman–Crippen LogP) is 5.22. The third kappa shape index (κ3) is 5.09. The van der Waals surface area contributed by atoms with Crippen molar-refractivity contribution in [3.8, 4) is 11.1 Å². The molecule has 3 aliphatic heterocycles. The smallest absolute Gasteiger partial charge is 0.255 e. The average molecular weight is 620 g/mol. The first-order valence-corrected chi connectivity index (χ1v) is 15.8. The highest BCUT2D eigenvalue weighted by molar-refractivity contribution is 7.13. The van der Waals surface area contributed by atoms with Gasteiger partial charge in [-0.05, 0) is 54.8 Å². The number of nitrogens with one attached hydrogen (secondary N) is 1. The van der Waals surface area contributed by atoms with E-state index in [1.54, 1.807) is 24.0 Å². The van der Waals surface area contributed by atoms with Gasteiger partial charge in [0.1, 0.15) is 5.82 Å². The molecule has 0 saturated carbocycles. The largest absolute Gasteiger partial charge is 0.368 e. The molecule has 9 nitrogen and oxygen atoms in total. The maximum atomic E-state index is 15.7. The van der Waals surface area contributed by atoms with Gasteiger partial charge in [-0.2, -0.15) is 0 Å². The minimum Gasteiger partial charge on any atom is -0.368 e. The fourth-order valence-corrected chi connectivity index (χ4v) is 7.25. The van der Waals surface area contributed by atoms with Crippen LogP contribution in [-0.2, 0) is 24.3 Å². The summed E-state index contributed by atoms with van der Waals surface area (Å²) in [5, 5.41) is 5.61. The molecule has 12 heteroatoms. The van der Waals surface area contributed by atoms with E-state index in [-0.39, 0.29) is 17.7 Å². The second kappa shape index (κ2) is 11.4. The Kier molecular flexibility index (Phi) is 7.40. The molecule has 5 heterocycles. The van der Waals surface area contributed by atoms with Gasteiger partial charge in [0.25, 0.3) is 11.8 Å². The van der Waals surface area contributed by atoms with E-state index in [2.05, 4.69) is 32.0 Å². The highest BCUT2D eigenvalue weighted by Crippen LogP contribution is 2.39. The van der Waals surface area contributed by atoms with Gasteiger partial charge in [0, 0.05) is 61.1 Å². The fourth-order valence-electron chi connectivity index (χ4n) is 6.41. The molecule has 1 atom stereocenters. The van der Waals surface area contributed by atoms with Gasteiger partial charge < -0.3 is 19.3 Å². The number of hydrogen-bond donors (Lipinski definition) is 1. The molecule has 222 valence electrons. The number of halogens is 2. The summed E-state index contributed by atoms with van der Waals surface area (Å²) in [5.41, 5.74) is 4.19. The first-order chi connectivity index (χ1) is 20.9. The zero-order chi connectivity index (χ0) is 29.7. The van der Waals surface area contributed by atoms with Crippen molar-refractivity contribution in [2.45, 2.75) is 38.9 Å². The molecule has 1 fully saturated rings. The van der Waals surface area contributed by atoms with Gasteiger partial charge in [0.15, 0.2) is 11.2 Å². The topological polar surface area (TPSA) is 86.6 Å². The maximum absolute atomic E-state index is 15.7. The van der Waals surface area contributed by atoms with E-state index in [0.717, 1.165) is 69.1 Å².